The maximum atomic E-state index is 5.51. The molecule has 0 fully saturated rings. The van der Waals surface area contributed by atoms with E-state index < -0.39 is 0 Å². The zero-order valence-corrected chi connectivity index (χ0v) is 9.35. The molecular weight excluding hydrogens is 177 g/mol. The van der Waals surface area contributed by atoms with Crippen molar-refractivity contribution in [1.82, 2.24) is 4.98 Å². The van der Waals surface area contributed by atoms with Crippen molar-refractivity contribution in [3.8, 4) is 0 Å². The number of aromatic nitrogens is 1. The topological polar surface area (TPSA) is 38.9 Å². The third-order valence-corrected chi connectivity index (χ3v) is 1.51. The van der Waals surface area contributed by atoms with E-state index in [9.17, 15) is 0 Å². The van der Waals surface area contributed by atoms with Gasteiger partial charge in [-0.25, -0.2) is 4.98 Å². The molecule has 0 saturated heterocycles. The molecule has 0 bridgehead atoms. The van der Waals surface area contributed by atoms with Gasteiger partial charge in [0.05, 0.1) is 0 Å². The summed E-state index contributed by atoms with van der Waals surface area (Å²) < 4.78 is 0. The molecule has 0 atom stereocenters. The predicted molar refractivity (Wildman–Crippen MR) is 38.1 cm³/mol. The molecule has 0 aliphatic heterocycles. The molecule has 0 unspecified atom stereocenters. The Labute approximate surface area is 73.6 Å². The van der Waals surface area contributed by atoms with Crippen molar-refractivity contribution in [2.75, 3.05) is 5.73 Å². The number of nitrogens with two attached hydrogens (primary N) is 1. The summed E-state index contributed by atoms with van der Waals surface area (Å²) in [5.74, 6) is 0.634. The van der Waals surface area contributed by atoms with Crippen LogP contribution in [-0.4, -0.2) is 4.98 Å². The van der Waals surface area contributed by atoms with Gasteiger partial charge in [-0.1, -0.05) is 0 Å². The minimum atomic E-state index is 0. The summed E-state index contributed by atoms with van der Waals surface area (Å²) in [6.07, 6.45) is 1.72. The number of hydrogen-bond donors (Lipinski definition) is 1. The van der Waals surface area contributed by atoms with Crippen molar-refractivity contribution in [3.05, 3.63) is 23.4 Å². The Balaban J connectivity index is 0.000000810. The van der Waals surface area contributed by atoms with E-state index in [2.05, 4.69) is 4.98 Å². The van der Waals surface area contributed by atoms with Crippen molar-refractivity contribution in [3.63, 3.8) is 0 Å². The second-order valence-electron chi connectivity index (χ2n) is 2.14. The molecule has 10 heavy (non-hydrogen) atoms. The van der Waals surface area contributed by atoms with E-state index in [1.807, 2.05) is 19.9 Å². The van der Waals surface area contributed by atoms with E-state index in [0.717, 1.165) is 5.56 Å². The molecule has 2 N–H and O–H groups in total. The average Bonchev–Trinajstić information content (AvgIpc) is 1.83. The molecule has 0 aliphatic rings. The first-order valence-corrected chi connectivity index (χ1v) is 2.89. The van der Waals surface area contributed by atoms with E-state index in [-0.39, 0.29) is 19.5 Å². The summed E-state index contributed by atoms with van der Waals surface area (Å²) >= 11 is 0. The van der Waals surface area contributed by atoms with Crippen LogP contribution in [0.2, 0.25) is 0 Å². The molecule has 1 heterocycles. The Bertz CT molecular complexity index is 203. The van der Waals surface area contributed by atoms with Crippen molar-refractivity contribution < 1.29 is 19.5 Å². The van der Waals surface area contributed by atoms with Gasteiger partial charge >= 0.3 is 0 Å². The largest absolute Gasteiger partial charge is 0.383 e. The van der Waals surface area contributed by atoms with Gasteiger partial charge in [-0.05, 0) is 31.0 Å². The molecule has 0 aliphatic carbocycles. The second kappa shape index (κ2) is 3.67. The third-order valence-electron chi connectivity index (χ3n) is 1.51. The molecule has 1 aromatic rings. The van der Waals surface area contributed by atoms with Gasteiger partial charge in [-0.15, -0.1) is 0 Å². The van der Waals surface area contributed by atoms with Crippen molar-refractivity contribution in [1.29, 1.82) is 0 Å². The van der Waals surface area contributed by atoms with Gasteiger partial charge in [0.15, 0.2) is 0 Å². The minimum Gasteiger partial charge on any atom is -0.383 e. The zero-order valence-electron chi connectivity index (χ0n) is 6.39. The molecule has 2 nitrogen and oxygen atoms in total. The molecular formula is C7H10N2Zn. The van der Waals surface area contributed by atoms with Crippen LogP contribution in [0.3, 0.4) is 0 Å². The standard InChI is InChI=1S/C7H10N2.Zn/c1-5-3-4-9-7(8)6(5)2;/h3-4H,1-2H3,(H2,8,9);. The summed E-state index contributed by atoms with van der Waals surface area (Å²) in [6.45, 7) is 3.99. The summed E-state index contributed by atoms with van der Waals surface area (Å²) in [5.41, 5.74) is 7.79. The molecule has 50 valence electrons. The Morgan fingerprint density at radius 3 is 2.40 bits per heavy atom. The van der Waals surface area contributed by atoms with Crippen LogP contribution in [-0.2, 0) is 19.5 Å². The van der Waals surface area contributed by atoms with E-state index in [0.29, 0.717) is 5.82 Å². The second-order valence-corrected chi connectivity index (χ2v) is 2.14. The fourth-order valence-corrected chi connectivity index (χ4v) is 0.653. The van der Waals surface area contributed by atoms with Gasteiger partial charge in [-0.3, -0.25) is 0 Å². The third kappa shape index (κ3) is 1.78. The van der Waals surface area contributed by atoms with Gasteiger partial charge in [0.2, 0.25) is 0 Å². The maximum absolute atomic E-state index is 5.51. The average molecular weight is 188 g/mol. The smallest absolute Gasteiger partial charge is 0.126 e. The number of pyridine rings is 1. The van der Waals surface area contributed by atoms with Crippen molar-refractivity contribution in [2.24, 2.45) is 0 Å². The van der Waals surface area contributed by atoms with Crippen LogP contribution >= 0.6 is 0 Å². The zero-order chi connectivity index (χ0) is 6.85. The van der Waals surface area contributed by atoms with Gasteiger partial charge < -0.3 is 5.73 Å². The molecule has 1 rings (SSSR count). The number of nitrogen functional groups attached to an aromatic ring is 1. The van der Waals surface area contributed by atoms with Gasteiger partial charge in [0.25, 0.3) is 0 Å². The molecule has 0 spiro atoms. The van der Waals surface area contributed by atoms with Crippen LogP contribution in [0.4, 0.5) is 5.82 Å². The fraction of sp³-hybridized carbons (Fsp3) is 0.286. The molecule has 1 aromatic heterocycles. The van der Waals surface area contributed by atoms with Crippen LogP contribution in [0, 0.1) is 13.8 Å². The first-order valence-electron chi connectivity index (χ1n) is 2.89. The number of aryl methyl sites for hydroxylation is 1. The van der Waals surface area contributed by atoms with Crippen molar-refractivity contribution >= 4 is 5.82 Å². The number of anilines is 1. The summed E-state index contributed by atoms with van der Waals surface area (Å²) in [6, 6.07) is 1.95. The maximum Gasteiger partial charge on any atom is 0.126 e. The number of hydrogen-bond acceptors (Lipinski definition) is 2. The summed E-state index contributed by atoms with van der Waals surface area (Å²) in [4.78, 5) is 3.92. The molecule has 0 saturated carbocycles. The first-order chi connectivity index (χ1) is 4.22. The normalized spacial score (nSPS) is 8.60. The van der Waals surface area contributed by atoms with Crippen molar-refractivity contribution in [2.45, 2.75) is 13.8 Å². The minimum absolute atomic E-state index is 0. The summed E-state index contributed by atoms with van der Waals surface area (Å²) in [7, 11) is 0. The predicted octanol–water partition coefficient (Wildman–Crippen LogP) is 1.28. The van der Waals surface area contributed by atoms with E-state index >= 15 is 0 Å². The van der Waals surface area contributed by atoms with Gasteiger partial charge in [0.1, 0.15) is 5.82 Å². The van der Waals surface area contributed by atoms with Crippen LogP contribution in [0.25, 0.3) is 0 Å². The number of rotatable bonds is 0. The quantitative estimate of drug-likeness (QED) is 0.622. The van der Waals surface area contributed by atoms with E-state index in [1.54, 1.807) is 6.20 Å². The van der Waals surface area contributed by atoms with Crippen LogP contribution in [0.5, 0.6) is 0 Å². The molecule has 3 heteroatoms. The SMILES string of the molecule is Cc1ccnc(N)c1C.[Zn]. The molecule has 0 aromatic carbocycles. The van der Waals surface area contributed by atoms with E-state index in [1.165, 1.54) is 5.56 Å². The Morgan fingerprint density at radius 1 is 1.40 bits per heavy atom. The van der Waals surface area contributed by atoms with Crippen LogP contribution < -0.4 is 5.73 Å². The Morgan fingerprint density at radius 2 is 2.00 bits per heavy atom. The van der Waals surface area contributed by atoms with Crippen LogP contribution in [0.15, 0.2) is 12.3 Å². The summed E-state index contributed by atoms with van der Waals surface area (Å²) in [5, 5.41) is 0. The Hall–Kier alpha value is -0.427. The monoisotopic (exact) mass is 186 g/mol. The Kier molecular flexibility index (Phi) is 3.51. The molecule has 0 radical (unpaired) electrons. The molecule has 0 amide bonds. The first kappa shape index (κ1) is 9.57. The fourth-order valence-electron chi connectivity index (χ4n) is 0.653. The van der Waals surface area contributed by atoms with E-state index in [4.69, 9.17) is 5.73 Å². The van der Waals surface area contributed by atoms with Gasteiger partial charge in [0, 0.05) is 25.7 Å². The van der Waals surface area contributed by atoms with Gasteiger partial charge in [-0.2, -0.15) is 0 Å². The van der Waals surface area contributed by atoms with Crippen LogP contribution in [0.1, 0.15) is 11.1 Å². The number of nitrogens with zero attached hydrogens (tertiary/aromatic N) is 1.